The fraction of sp³-hybridized carbons (Fsp3) is 1.00. The van der Waals surface area contributed by atoms with Gasteiger partial charge < -0.3 is 9.11 Å². The number of hydrogen-bond acceptors (Lipinski definition) is 1. The molecule has 0 saturated carbocycles. The second-order valence-electron chi connectivity index (χ2n) is 1.82. The van der Waals surface area contributed by atoms with E-state index in [9.17, 15) is 8.60 Å². The molecule has 0 fully saturated rings. The molecule has 8 heavy (non-hydrogen) atoms. The Morgan fingerprint density at radius 2 is 2.00 bits per heavy atom. The molecule has 0 aliphatic rings. The molecule has 5 heteroatoms. The van der Waals surface area contributed by atoms with Gasteiger partial charge in [-0.15, -0.1) is 0 Å². The average molecular weight is 144 g/mol. The average Bonchev–Trinajstić information content (AvgIpc) is 1.25. The molecule has 0 spiro atoms. The van der Waals surface area contributed by atoms with Gasteiger partial charge in [-0.1, -0.05) is 0 Å². The van der Waals surface area contributed by atoms with Crippen LogP contribution in [0.1, 0.15) is 0 Å². The van der Waals surface area contributed by atoms with E-state index in [0.29, 0.717) is 0 Å². The molecular formula is C3H9FO3S. The molecule has 0 aromatic carbocycles. The van der Waals surface area contributed by atoms with Crippen molar-refractivity contribution in [3.63, 3.8) is 0 Å². The minimum atomic E-state index is -4.51. The van der Waals surface area contributed by atoms with Crippen molar-refractivity contribution in [2.45, 2.75) is 0 Å². The maximum absolute atomic E-state index is 11.2. The van der Waals surface area contributed by atoms with Gasteiger partial charge in [0.1, 0.15) is 6.67 Å². The van der Waals surface area contributed by atoms with Gasteiger partial charge in [-0.2, -0.15) is 0 Å². The Labute approximate surface area is 47.0 Å². The topological polar surface area (TPSA) is 57.5 Å². The maximum Gasteiger partial charge on any atom is 0.103 e. The van der Waals surface area contributed by atoms with Gasteiger partial charge in [-0.05, 0) is 0 Å². The molecule has 0 unspecified atom stereocenters. The van der Waals surface area contributed by atoms with E-state index >= 15 is 0 Å². The quantitative estimate of drug-likeness (QED) is 0.588. The van der Waals surface area contributed by atoms with Gasteiger partial charge in [0.25, 0.3) is 0 Å². The Morgan fingerprint density at radius 3 is 2.00 bits per heavy atom. The first-order chi connectivity index (χ1) is 3.31. The second-order valence-corrected chi connectivity index (χ2v) is 5.08. The van der Waals surface area contributed by atoms with Crippen LogP contribution in [0.25, 0.3) is 0 Å². The maximum atomic E-state index is 11.2. The van der Waals surface area contributed by atoms with Crippen LogP contribution in [0.3, 0.4) is 0 Å². The minimum Gasteiger partial charge on any atom is -0.308 e. The molecule has 52 valence electrons. The summed E-state index contributed by atoms with van der Waals surface area (Å²) in [5.74, 6) is -0.697. The lowest BCUT2D eigenvalue weighted by Crippen LogP contribution is -2.33. The zero-order valence-electron chi connectivity index (χ0n) is 4.50. The van der Waals surface area contributed by atoms with Crippen molar-refractivity contribution in [1.82, 2.24) is 0 Å². The first kappa shape index (κ1) is 8.00. The Bertz CT molecular complexity index is 126. The fourth-order valence-electron chi connectivity index (χ4n) is 0.178. The molecular weight excluding hydrogens is 135 g/mol. The predicted octanol–water partition coefficient (Wildman–Crippen LogP) is 0.352. The molecule has 0 rings (SSSR count). The van der Waals surface area contributed by atoms with E-state index in [0.717, 1.165) is 6.26 Å². The van der Waals surface area contributed by atoms with Crippen LogP contribution in [0.4, 0.5) is 4.39 Å². The Kier molecular flexibility index (Phi) is 1.75. The number of rotatable bonds is 2. The molecule has 0 aromatic rings. The lowest BCUT2D eigenvalue weighted by Gasteiger charge is -2.22. The van der Waals surface area contributed by atoms with Gasteiger partial charge in [0.15, 0.2) is 0 Å². The van der Waals surface area contributed by atoms with Crippen LogP contribution >= 0.6 is 0 Å². The number of hydrogen-bond donors (Lipinski definition) is 2. The molecule has 0 heterocycles. The summed E-state index contributed by atoms with van der Waals surface area (Å²) in [4.78, 5) is 0. The van der Waals surface area contributed by atoms with Crippen LogP contribution in [0.15, 0.2) is 0 Å². The van der Waals surface area contributed by atoms with E-state index < -0.39 is 22.1 Å². The van der Waals surface area contributed by atoms with Gasteiger partial charge in [0.05, 0.1) is 15.4 Å². The normalized spacial score (nSPS) is 17.2. The van der Waals surface area contributed by atoms with Gasteiger partial charge in [0, 0.05) is 6.26 Å². The van der Waals surface area contributed by atoms with Crippen LogP contribution in [0.2, 0.25) is 0 Å². The van der Waals surface area contributed by atoms with E-state index in [1.165, 1.54) is 0 Å². The third kappa shape index (κ3) is 6.00. The zero-order valence-corrected chi connectivity index (χ0v) is 5.32. The first-order valence-corrected chi connectivity index (χ1v) is 4.45. The fourth-order valence-corrected chi connectivity index (χ4v) is 0.533. The highest BCUT2D eigenvalue weighted by Crippen LogP contribution is 2.08. The minimum absolute atomic E-state index is 0.697. The Morgan fingerprint density at radius 1 is 1.62 bits per heavy atom. The standard InChI is InChI=1S/C3H9FO3S/c1-8(5,6,7)3-2-4/h2-3H2,1H3,(H2,5,6,7). The molecule has 0 saturated heterocycles. The largest absolute Gasteiger partial charge is 0.308 e. The summed E-state index contributed by atoms with van der Waals surface area (Å²) >= 11 is 0. The molecule has 2 N–H and O–H groups in total. The summed E-state index contributed by atoms with van der Waals surface area (Å²) in [6, 6.07) is 0. The first-order valence-electron chi connectivity index (χ1n) is 2.00. The predicted molar refractivity (Wildman–Crippen MR) is 30.2 cm³/mol. The molecule has 0 radical (unpaired) electrons. The van der Waals surface area contributed by atoms with Crippen LogP contribution in [-0.2, 0) is 9.63 Å². The summed E-state index contributed by atoms with van der Waals surface area (Å²) in [6.07, 6.45) is 0.719. The van der Waals surface area contributed by atoms with Crippen LogP contribution in [0.5, 0.6) is 0 Å². The van der Waals surface area contributed by atoms with E-state index in [1.54, 1.807) is 0 Å². The highest BCUT2D eigenvalue weighted by molar-refractivity contribution is 8.09. The highest BCUT2D eigenvalue weighted by atomic mass is 32.3. The van der Waals surface area contributed by atoms with E-state index in [2.05, 4.69) is 0 Å². The van der Waals surface area contributed by atoms with Gasteiger partial charge in [0.2, 0.25) is 0 Å². The molecule has 0 amide bonds. The SMILES string of the molecule is CS(=O)(O)(O)CCF. The van der Waals surface area contributed by atoms with Crippen molar-refractivity contribution in [2.75, 3.05) is 18.7 Å². The van der Waals surface area contributed by atoms with E-state index in [1.807, 2.05) is 0 Å². The molecule has 0 bridgehead atoms. The van der Waals surface area contributed by atoms with Crippen molar-refractivity contribution in [3.8, 4) is 0 Å². The van der Waals surface area contributed by atoms with Crippen molar-refractivity contribution >= 4 is 9.63 Å². The Hall–Kier alpha value is -0.0000000000000000555. The number of alkyl halides is 1. The summed E-state index contributed by atoms with van der Waals surface area (Å²) in [7, 11) is -4.51. The van der Waals surface area contributed by atoms with Crippen LogP contribution in [0, 0.1) is 0 Å². The summed E-state index contributed by atoms with van der Waals surface area (Å²) < 4.78 is 38.2. The van der Waals surface area contributed by atoms with Crippen LogP contribution in [-0.4, -0.2) is 32.0 Å². The summed E-state index contributed by atoms with van der Waals surface area (Å²) in [5.41, 5.74) is 0. The smallest absolute Gasteiger partial charge is 0.103 e. The zero-order chi connectivity index (χ0) is 6.86. The van der Waals surface area contributed by atoms with Crippen molar-refractivity contribution in [1.29, 1.82) is 0 Å². The summed E-state index contributed by atoms with van der Waals surface area (Å²) in [6.45, 7) is -0.977. The lowest BCUT2D eigenvalue weighted by atomic mass is 10.9. The summed E-state index contributed by atoms with van der Waals surface area (Å²) in [5, 5.41) is 0. The molecule has 0 aliphatic carbocycles. The van der Waals surface area contributed by atoms with Gasteiger partial charge >= 0.3 is 0 Å². The molecule has 0 aromatic heterocycles. The van der Waals surface area contributed by atoms with E-state index in [-0.39, 0.29) is 0 Å². The third-order valence-electron chi connectivity index (χ3n) is 0.547. The van der Waals surface area contributed by atoms with Crippen molar-refractivity contribution in [2.24, 2.45) is 0 Å². The van der Waals surface area contributed by atoms with Gasteiger partial charge in [-0.25, -0.2) is 8.60 Å². The molecule has 0 atom stereocenters. The number of halogens is 1. The monoisotopic (exact) mass is 144 g/mol. The van der Waals surface area contributed by atoms with Crippen molar-refractivity contribution in [3.05, 3.63) is 0 Å². The molecule has 0 aliphatic heterocycles. The van der Waals surface area contributed by atoms with Gasteiger partial charge in [-0.3, -0.25) is 0 Å². The highest BCUT2D eigenvalue weighted by Gasteiger charge is 2.20. The van der Waals surface area contributed by atoms with Crippen LogP contribution < -0.4 is 0 Å². The lowest BCUT2D eigenvalue weighted by molar-refractivity contribution is 0.387. The Balaban J connectivity index is 3.95. The van der Waals surface area contributed by atoms with E-state index in [4.69, 9.17) is 9.11 Å². The van der Waals surface area contributed by atoms with Crippen molar-refractivity contribution < 1.29 is 17.7 Å². The third-order valence-corrected chi connectivity index (χ3v) is 1.64. The second kappa shape index (κ2) is 1.75. The molecule has 3 nitrogen and oxygen atoms in total.